The number of alkyl halides is 2. The molecule has 0 amide bonds. The Morgan fingerprint density at radius 1 is 1.33 bits per heavy atom. The van der Waals surface area contributed by atoms with Crippen molar-refractivity contribution in [3.8, 4) is 0 Å². The highest BCUT2D eigenvalue weighted by molar-refractivity contribution is 7.91. The lowest BCUT2D eigenvalue weighted by Gasteiger charge is -2.28. The van der Waals surface area contributed by atoms with E-state index in [0.717, 1.165) is 4.88 Å². The summed E-state index contributed by atoms with van der Waals surface area (Å²) in [4.78, 5) is 0.908. The van der Waals surface area contributed by atoms with E-state index in [-0.39, 0.29) is 35.9 Å². The van der Waals surface area contributed by atoms with E-state index in [4.69, 9.17) is 0 Å². The second kappa shape index (κ2) is 4.86. The Labute approximate surface area is 109 Å². The highest BCUT2D eigenvalue weighted by Gasteiger charge is 2.36. The van der Waals surface area contributed by atoms with Crippen molar-refractivity contribution >= 4 is 21.4 Å². The van der Waals surface area contributed by atoms with E-state index in [9.17, 15) is 17.2 Å². The van der Waals surface area contributed by atoms with Gasteiger partial charge in [0.25, 0.3) is 0 Å². The van der Waals surface area contributed by atoms with Crippen molar-refractivity contribution in [2.45, 2.75) is 48.8 Å². The van der Waals surface area contributed by atoms with Gasteiger partial charge in [0.15, 0.2) is 0 Å². The molecule has 1 fully saturated rings. The Kier molecular flexibility index (Phi) is 3.75. The van der Waals surface area contributed by atoms with Crippen LogP contribution in [0.15, 0.2) is 16.3 Å². The molecule has 18 heavy (non-hydrogen) atoms. The van der Waals surface area contributed by atoms with E-state index < -0.39 is 15.9 Å². The highest BCUT2D eigenvalue weighted by Crippen LogP contribution is 2.33. The van der Waals surface area contributed by atoms with Crippen molar-refractivity contribution < 1.29 is 17.2 Å². The van der Waals surface area contributed by atoms with E-state index in [1.165, 1.54) is 11.3 Å². The lowest BCUT2D eigenvalue weighted by atomic mass is 9.93. The summed E-state index contributed by atoms with van der Waals surface area (Å²) < 4.78 is 52.7. The van der Waals surface area contributed by atoms with Gasteiger partial charge in [0.2, 0.25) is 15.9 Å². The molecule has 0 radical (unpaired) electrons. The number of hydrogen-bond acceptors (Lipinski definition) is 3. The molecule has 0 aliphatic heterocycles. The van der Waals surface area contributed by atoms with Crippen molar-refractivity contribution in [3.05, 3.63) is 17.0 Å². The molecular weight excluding hydrogens is 280 g/mol. The van der Waals surface area contributed by atoms with Crippen LogP contribution in [0.1, 0.15) is 30.6 Å². The molecule has 1 aliphatic rings. The third-order valence-electron chi connectivity index (χ3n) is 3.02. The summed E-state index contributed by atoms with van der Waals surface area (Å²) >= 11 is 1.18. The maximum atomic E-state index is 13.0. The van der Waals surface area contributed by atoms with Gasteiger partial charge in [-0.3, -0.25) is 0 Å². The Hall–Kier alpha value is -0.530. The van der Waals surface area contributed by atoms with Gasteiger partial charge in [-0.15, -0.1) is 11.3 Å². The van der Waals surface area contributed by atoms with Crippen LogP contribution in [0, 0.1) is 6.92 Å². The molecule has 1 aliphatic carbocycles. The minimum absolute atomic E-state index is 0.191. The van der Waals surface area contributed by atoms with Crippen LogP contribution in [0.2, 0.25) is 0 Å². The number of nitrogens with one attached hydrogen (secondary N) is 1. The summed E-state index contributed by atoms with van der Waals surface area (Å²) in [6, 6.07) is 2.89. The van der Waals surface area contributed by atoms with Crippen LogP contribution in [0.5, 0.6) is 0 Å². The Balaban J connectivity index is 2.02. The molecule has 1 N–H and O–H groups in total. The molecule has 102 valence electrons. The third-order valence-corrected chi connectivity index (χ3v) is 6.03. The fourth-order valence-corrected chi connectivity index (χ4v) is 4.60. The molecule has 0 saturated heterocycles. The molecule has 1 aromatic rings. The fourth-order valence-electron chi connectivity index (χ4n) is 1.99. The lowest BCUT2D eigenvalue weighted by molar-refractivity contribution is -0.0387. The summed E-state index contributed by atoms with van der Waals surface area (Å²) in [5.74, 6) is -2.64. The van der Waals surface area contributed by atoms with E-state index in [1.807, 2.05) is 6.92 Å². The summed E-state index contributed by atoms with van der Waals surface area (Å²) in [6.45, 7) is 1.82. The number of sulfonamides is 1. The predicted octanol–water partition coefficient (Wildman–Crippen LogP) is 2.91. The Morgan fingerprint density at radius 2 is 1.94 bits per heavy atom. The largest absolute Gasteiger partial charge is 0.250 e. The zero-order valence-electron chi connectivity index (χ0n) is 9.95. The quantitative estimate of drug-likeness (QED) is 0.932. The van der Waals surface area contributed by atoms with Crippen molar-refractivity contribution in [2.24, 2.45) is 0 Å². The van der Waals surface area contributed by atoms with Gasteiger partial charge in [0.1, 0.15) is 4.21 Å². The van der Waals surface area contributed by atoms with Crippen LogP contribution in [-0.4, -0.2) is 20.4 Å². The van der Waals surface area contributed by atoms with E-state index in [0.29, 0.717) is 0 Å². The van der Waals surface area contributed by atoms with Crippen LogP contribution in [0.3, 0.4) is 0 Å². The zero-order valence-corrected chi connectivity index (χ0v) is 11.6. The second-order valence-corrected chi connectivity index (χ2v) is 7.85. The van der Waals surface area contributed by atoms with E-state index >= 15 is 0 Å². The molecule has 1 saturated carbocycles. The first-order chi connectivity index (χ1) is 8.28. The molecule has 3 nitrogen and oxygen atoms in total. The minimum Gasteiger partial charge on any atom is -0.207 e. The topological polar surface area (TPSA) is 46.2 Å². The predicted molar refractivity (Wildman–Crippen MR) is 66.6 cm³/mol. The van der Waals surface area contributed by atoms with E-state index in [2.05, 4.69) is 4.72 Å². The molecule has 0 aromatic carbocycles. The van der Waals surface area contributed by atoms with Crippen molar-refractivity contribution in [1.29, 1.82) is 0 Å². The van der Waals surface area contributed by atoms with Gasteiger partial charge in [0.05, 0.1) is 0 Å². The Bertz CT molecular complexity index is 515. The van der Waals surface area contributed by atoms with Gasteiger partial charge in [-0.1, -0.05) is 0 Å². The SMILES string of the molecule is Cc1ccc(S(=O)(=O)NC2CCC(F)(F)CC2)s1. The van der Waals surface area contributed by atoms with E-state index in [1.54, 1.807) is 12.1 Å². The average Bonchev–Trinajstić information content (AvgIpc) is 2.69. The molecule has 0 atom stereocenters. The summed E-state index contributed by atoms with van der Waals surface area (Å²) in [7, 11) is -3.55. The van der Waals surface area contributed by atoms with Gasteiger partial charge in [-0.25, -0.2) is 21.9 Å². The standard InChI is InChI=1S/C11H15F2NO2S2/c1-8-2-3-10(17-8)18(15,16)14-9-4-6-11(12,13)7-5-9/h2-3,9,14H,4-7H2,1H3. The minimum atomic E-state index is -3.55. The molecular formula is C11H15F2NO2S2. The van der Waals surface area contributed by atoms with Crippen LogP contribution < -0.4 is 4.72 Å². The van der Waals surface area contributed by atoms with Crippen LogP contribution in [-0.2, 0) is 10.0 Å². The number of hydrogen-bond donors (Lipinski definition) is 1. The number of aryl methyl sites for hydroxylation is 1. The van der Waals surface area contributed by atoms with Gasteiger partial charge >= 0.3 is 0 Å². The van der Waals surface area contributed by atoms with Gasteiger partial charge in [-0.05, 0) is 31.9 Å². The van der Waals surface area contributed by atoms with Crippen LogP contribution in [0.25, 0.3) is 0 Å². The van der Waals surface area contributed by atoms with Crippen molar-refractivity contribution in [2.75, 3.05) is 0 Å². The highest BCUT2D eigenvalue weighted by atomic mass is 32.2. The van der Waals surface area contributed by atoms with Gasteiger partial charge in [-0.2, -0.15) is 0 Å². The lowest BCUT2D eigenvalue weighted by Crippen LogP contribution is -2.40. The summed E-state index contributed by atoms with van der Waals surface area (Å²) in [5.41, 5.74) is 0. The first kappa shape index (κ1) is 13.9. The second-order valence-electron chi connectivity index (χ2n) is 4.62. The van der Waals surface area contributed by atoms with Crippen molar-refractivity contribution in [3.63, 3.8) is 0 Å². The summed E-state index contributed by atoms with van der Waals surface area (Å²) in [5, 5.41) is 0. The molecule has 0 spiro atoms. The van der Waals surface area contributed by atoms with Crippen LogP contribution >= 0.6 is 11.3 Å². The number of thiophene rings is 1. The maximum absolute atomic E-state index is 13.0. The third kappa shape index (κ3) is 3.27. The molecule has 1 heterocycles. The monoisotopic (exact) mass is 295 g/mol. The molecule has 0 bridgehead atoms. The number of halogens is 2. The first-order valence-electron chi connectivity index (χ1n) is 5.75. The Morgan fingerprint density at radius 3 is 2.44 bits per heavy atom. The fraction of sp³-hybridized carbons (Fsp3) is 0.636. The van der Waals surface area contributed by atoms with Crippen molar-refractivity contribution in [1.82, 2.24) is 4.72 Å². The normalized spacial score (nSPS) is 21.1. The average molecular weight is 295 g/mol. The molecule has 2 rings (SSSR count). The molecule has 1 aromatic heterocycles. The molecule has 0 unspecified atom stereocenters. The van der Waals surface area contributed by atoms with Gasteiger partial charge in [0, 0.05) is 23.8 Å². The van der Waals surface area contributed by atoms with Gasteiger partial charge < -0.3 is 0 Å². The number of rotatable bonds is 3. The first-order valence-corrected chi connectivity index (χ1v) is 8.05. The molecule has 7 heteroatoms. The summed E-state index contributed by atoms with van der Waals surface area (Å²) in [6.07, 6.45) is -0.111. The van der Waals surface area contributed by atoms with Crippen LogP contribution in [0.4, 0.5) is 8.78 Å². The zero-order chi connectivity index (χ0) is 13.4. The smallest absolute Gasteiger partial charge is 0.207 e. The maximum Gasteiger partial charge on any atom is 0.250 e.